The summed E-state index contributed by atoms with van der Waals surface area (Å²) in [6.07, 6.45) is 6.95. The second kappa shape index (κ2) is 8.39. The molecule has 132 valence electrons. The third kappa shape index (κ3) is 4.15. The number of halogens is 1. The SMILES string of the molecule is N#CC(=Cc1cccnc1F)C(=O)N[C@H](c1ccccc1)C1CCCC1. The van der Waals surface area contributed by atoms with Crippen LogP contribution in [0.4, 0.5) is 4.39 Å². The van der Waals surface area contributed by atoms with Crippen molar-refractivity contribution in [3.8, 4) is 6.07 Å². The van der Waals surface area contributed by atoms with Gasteiger partial charge in [0.05, 0.1) is 6.04 Å². The molecule has 3 rings (SSSR count). The van der Waals surface area contributed by atoms with Gasteiger partial charge in [0.2, 0.25) is 5.95 Å². The highest BCUT2D eigenvalue weighted by atomic mass is 19.1. The molecule has 0 bridgehead atoms. The number of hydrogen-bond donors (Lipinski definition) is 1. The van der Waals surface area contributed by atoms with Gasteiger partial charge in [0, 0.05) is 11.8 Å². The maximum absolute atomic E-state index is 13.7. The van der Waals surface area contributed by atoms with Gasteiger partial charge >= 0.3 is 0 Å². The van der Waals surface area contributed by atoms with Crippen molar-refractivity contribution >= 4 is 12.0 Å². The highest BCUT2D eigenvalue weighted by molar-refractivity contribution is 6.01. The summed E-state index contributed by atoms with van der Waals surface area (Å²) in [5.74, 6) is -0.851. The van der Waals surface area contributed by atoms with Crippen LogP contribution < -0.4 is 5.32 Å². The molecule has 1 heterocycles. The number of carbonyl (C=O) groups is 1. The van der Waals surface area contributed by atoms with Gasteiger partial charge in [0.15, 0.2) is 0 Å². The Hall–Kier alpha value is -3.00. The van der Waals surface area contributed by atoms with Gasteiger partial charge in [-0.3, -0.25) is 4.79 Å². The molecule has 0 saturated heterocycles. The molecule has 1 aliphatic carbocycles. The fraction of sp³-hybridized carbons (Fsp3) is 0.286. The molecule has 26 heavy (non-hydrogen) atoms. The summed E-state index contributed by atoms with van der Waals surface area (Å²) in [6.45, 7) is 0. The van der Waals surface area contributed by atoms with Crippen LogP contribution >= 0.6 is 0 Å². The molecule has 1 saturated carbocycles. The molecular formula is C21H20FN3O. The molecular weight excluding hydrogens is 329 g/mol. The zero-order valence-corrected chi connectivity index (χ0v) is 14.4. The van der Waals surface area contributed by atoms with E-state index in [1.807, 2.05) is 36.4 Å². The summed E-state index contributed by atoms with van der Waals surface area (Å²) >= 11 is 0. The largest absolute Gasteiger partial charge is 0.344 e. The number of carbonyl (C=O) groups excluding carboxylic acids is 1. The topological polar surface area (TPSA) is 65.8 Å². The second-order valence-electron chi connectivity index (χ2n) is 6.46. The summed E-state index contributed by atoms with van der Waals surface area (Å²) in [7, 11) is 0. The molecule has 1 aliphatic rings. The van der Waals surface area contributed by atoms with Gasteiger partial charge in [0.1, 0.15) is 11.6 Å². The maximum atomic E-state index is 13.7. The van der Waals surface area contributed by atoms with Crippen LogP contribution in [-0.2, 0) is 4.79 Å². The van der Waals surface area contributed by atoms with E-state index in [9.17, 15) is 14.4 Å². The Kier molecular flexibility index (Phi) is 5.75. The maximum Gasteiger partial charge on any atom is 0.262 e. The Morgan fingerprint density at radius 1 is 1.23 bits per heavy atom. The molecule has 0 unspecified atom stereocenters. The van der Waals surface area contributed by atoms with Gasteiger partial charge in [-0.15, -0.1) is 0 Å². The molecule has 1 atom stereocenters. The Bertz CT molecular complexity index is 836. The molecule has 5 heteroatoms. The molecule has 1 N–H and O–H groups in total. The van der Waals surface area contributed by atoms with E-state index in [4.69, 9.17) is 0 Å². The lowest BCUT2D eigenvalue weighted by Gasteiger charge is -2.25. The van der Waals surface area contributed by atoms with Crippen LogP contribution in [0.2, 0.25) is 0 Å². The van der Waals surface area contributed by atoms with Gasteiger partial charge in [-0.2, -0.15) is 9.65 Å². The Morgan fingerprint density at radius 3 is 2.62 bits per heavy atom. The quantitative estimate of drug-likeness (QED) is 0.500. The Morgan fingerprint density at radius 2 is 1.96 bits per heavy atom. The predicted octanol–water partition coefficient (Wildman–Crippen LogP) is 4.18. The second-order valence-corrected chi connectivity index (χ2v) is 6.46. The van der Waals surface area contributed by atoms with Crippen molar-refractivity contribution in [2.24, 2.45) is 5.92 Å². The number of hydrogen-bond acceptors (Lipinski definition) is 3. The van der Waals surface area contributed by atoms with E-state index in [0.717, 1.165) is 31.2 Å². The van der Waals surface area contributed by atoms with E-state index < -0.39 is 11.9 Å². The Balaban J connectivity index is 1.84. The minimum Gasteiger partial charge on any atom is -0.344 e. The number of amides is 1. The third-order valence-electron chi connectivity index (χ3n) is 4.77. The van der Waals surface area contributed by atoms with Crippen LogP contribution in [0.15, 0.2) is 54.2 Å². The number of nitrogens with zero attached hydrogens (tertiary/aromatic N) is 2. The van der Waals surface area contributed by atoms with Crippen LogP contribution in [0.3, 0.4) is 0 Å². The highest BCUT2D eigenvalue weighted by Gasteiger charge is 2.28. The van der Waals surface area contributed by atoms with Gasteiger partial charge in [0.25, 0.3) is 5.91 Å². The van der Waals surface area contributed by atoms with E-state index in [-0.39, 0.29) is 17.2 Å². The zero-order chi connectivity index (χ0) is 18.4. The standard InChI is InChI=1S/C21H20FN3O/c22-20-17(11-6-12-24-20)13-18(14-23)21(26)25-19(16-9-4-5-10-16)15-7-2-1-3-8-15/h1-3,6-8,11-13,16,19H,4-5,9-10H2,(H,25,26)/t19-/m1/s1. The van der Waals surface area contributed by atoms with E-state index in [1.54, 1.807) is 6.07 Å². The van der Waals surface area contributed by atoms with Crippen LogP contribution in [0.25, 0.3) is 6.08 Å². The third-order valence-corrected chi connectivity index (χ3v) is 4.77. The number of benzene rings is 1. The van der Waals surface area contributed by atoms with E-state index >= 15 is 0 Å². The smallest absolute Gasteiger partial charge is 0.262 e. The van der Waals surface area contributed by atoms with Gasteiger partial charge in [-0.1, -0.05) is 43.2 Å². The van der Waals surface area contributed by atoms with Crippen LogP contribution in [-0.4, -0.2) is 10.9 Å². The van der Waals surface area contributed by atoms with Crippen molar-refractivity contribution in [2.75, 3.05) is 0 Å². The number of nitrogens with one attached hydrogen (secondary N) is 1. The molecule has 1 aromatic carbocycles. The van der Waals surface area contributed by atoms with E-state index in [2.05, 4.69) is 10.3 Å². The summed E-state index contributed by atoms with van der Waals surface area (Å²) in [4.78, 5) is 16.2. The van der Waals surface area contributed by atoms with Crippen molar-refractivity contribution in [3.63, 3.8) is 0 Å². The summed E-state index contributed by atoms with van der Waals surface area (Å²) in [5, 5.41) is 12.4. The molecule has 0 aliphatic heterocycles. The van der Waals surface area contributed by atoms with Crippen LogP contribution in [0.5, 0.6) is 0 Å². The Labute approximate surface area is 152 Å². The van der Waals surface area contributed by atoms with Gasteiger partial charge in [-0.25, -0.2) is 4.98 Å². The van der Waals surface area contributed by atoms with Crippen molar-refractivity contribution in [1.29, 1.82) is 5.26 Å². The lowest BCUT2D eigenvalue weighted by molar-refractivity contribution is -0.118. The first-order chi connectivity index (χ1) is 12.7. The number of pyridine rings is 1. The average Bonchev–Trinajstić information content (AvgIpc) is 3.20. The molecule has 0 radical (unpaired) electrons. The number of aromatic nitrogens is 1. The van der Waals surface area contributed by atoms with Gasteiger partial charge < -0.3 is 5.32 Å². The monoisotopic (exact) mass is 349 g/mol. The lowest BCUT2D eigenvalue weighted by Crippen LogP contribution is -2.33. The van der Waals surface area contributed by atoms with Crippen LogP contribution in [0, 0.1) is 23.2 Å². The highest BCUT2D eigenvalue weighted by Crippen LogP contribution is 2.35. The molecule has 2 aromatic rings. The van der Waals surface area contributed by atoms with Gasteiger partial charge in [-0.05, 0) is 42.5 Å². The molecule has 4 nitrogen and oxygen atoms in total. The van der Waals surface area contributed by atoms with E-state index in [1.165, 1.54) is 18.3 Å². The molecule has 1 amide bonds. The van der Waals surface area contributed by atoms with Crippen molar-refractivity contribution in [1.82, 2.24) is 10.3 Å². The first-order valence-corrected chi connectivity index (χ1v) is 8.77. The average molecular weight is 349 g/mol. The van der Waals surface area contributed by atoms with Crippen molar-refractivity contribution in [2.45, 2.75) is 31.7 Å². The summed E-state index contributed by atoms with van der Waals surface area (Å²) in [5.41, 5.74) is 1.02. The fourth-order valence-corrected chi connectivity index (χ4v) is 3.45. The van der Waals surface area contributed by atoms with Crippen molar-refractivity contribution in [3.05, 3.63) is 71.3 Å². The first kappa shape index (κ1) is 17.8. The summed E-state index contributed by atoms with van der Waals surface area (Å²) in [6, 6.07) is 14.6. The summed E-state index contributed by atoms with van der Waals surface area (Å²) < 4.78 is 13.7. The van der Waals surface area contributed by atoms with Crippen molar-refractivity contribution < 1.29 is 9.18 Å². The predicted molar refractivity (Wildman–Crippen MR) is 97.1 cm³/mol. The van der Waals surface area contributed by atoms with Crippen LogP contribution in [0.1, 0.15) is 42.9 Å². The normalized spacial score (nSPS) is 16.1. The number of nitriles is 1. The molecule has 0 spiro atoms. The van der Waals surface area contributed by atoms with E-state index in [0.29, 0.717) is 5.92 Å². The molecule has 1 aromatic heterocycles. The zero-order valence-electron chi connectivity index (χ0n) is 14.4. The first-order valence-electron chi connectivity index (χ1n) is 8.77. The number of rotatable bonds is 5. The minimum atomic E-state index is -0.705. The lowest BCUT2D eigenvalue weighted by atomic mass is 9.91. The minimum absolute atomic E-state index is 0.122. The fourth-order valence-electron chi connectivity index (χ4n) is 3.45. The molecule has 1 fully saturated rings.